The van der Waals surface area contributed by atoms with Gasteiger partial charge in [-0.15, -0.1) is 0 Å². The summed E-state index contributed by atoms with van der Waals surface area (Å²) in [5.41, 5.74) is -3.54. The van der Waals surface area contributed by atoms with Crippen LogP contribution in [0, 0.1) is 0 Å². The number of carbonyl (C=O) groups is 2. The number of carbonyl (C=O) groups excluding carboxylic acids is 2. The Morgan fingerprint density at radius 1 is 1.32 bits per heavy atom. The van der Waals surface area contributed by atoms with Gasteiger partial charge in [-0.05, 0) is 6.07 Å². The molecular weight excluding hydrogens is 350 g/mol. The third kappa shape index (κ3) is 3.72. The standard InChI is InChI=1S/C11H10Cl2F3N3O3/c1-5(20)18-10(9(21)22-2,11(14,15)16)19-8-7(13)3-6(12)4-17-8/h3-4H,1-2H3,(H,17,19)(H,18,20)/t10-/m0/s1. The van der Waals surface area contributed by atoms with E-state index in [-0.39, 0.29) is 10.0 Å². The topological polar surface area (TPSA) is 80.3 Å². The largest absolute Gasteiger partial charge is 0.466 e. The van der Waals surface area contributed by atoms with Crippen molar-refractivity contribution in [2.24, 2.45) is 0 Å². The first-order chi connectivity index (χ1) is 10.0. The van der Waals surface area contributed by atoms with Gasteiger partial charge in [0.05, 0.1) is 17.2 Å². The summed E-state index contributed by atoms with van der Waals surface area (Å²) < 4.78 is 44.3. The van der Waals surface area contributed by atoms with Crippen LogP contribution in [-0.2, 0) is 14.3 Å². The molecule has 11 heteroatoms. The van der Waals surface area contributed by atoms with E-state index in [1.165, 1.54) is 5.32 Å². The number of hydrogen-bond acceptors (Lipinski definition) is 5. The third-order valence-corrected chi connectivity index (χ3v) is 2.89. The van der Waals surface area contributed by atoms with E-state index in [0.717, 1.165) is 26.3 Å². The highest BCUT2D eigenvalue weighted by atomic mass is 35.5. The first-order valence-corrected chi connectivity index (χ1v) is 6.32. The van der Waals surface area contributed by atoms with E-state index in [4.69, 9.17) is 23.2 Å². The van der Waals surface area contributed by atoms with E-state index in [9.17, 15) is 22.8 Å². The number of methoxy groups -OCH3 is 1. The molecule has 1 rings (SSSR count). The molecule has 0 aliphatic rings. The molecule has 1 aromatic heterocycles. The Hall–Kier alpha value is -1.74. The van der Waals surface area contributed by atoms with Crippen molar-refractivity contribution in [2.45, 2.75) is 18.8 Å². The number of nitrogens with one attached hydrogen (secondary N) is 2. The number of anilines is 1. The summed E-state index contributed by atoms with van der Waals surface area (Å²) in [6.45, 7) is 0.808. The number of aromatic nitrogens is 1. The molecule has 1 heterocycles. The number of nitrogens with zero attached hydrogens (tertiary/aromatic N) is 1. The van der Waals surface area contributed by atoms with Crippen LogP contribution < -0.4 is 10.6 Å². The zero-order valence-corrected chi connectivity index (χ0v) is 12.7. The summed E-state index contributed by atoms with van der Waals surface area (Å²) in [5.74, 6) is -3.43. The Balaban J connectivity index is 3.41. The van der Waals surface area contributed by atoms with Gasteiger partial charge in [0.1, 0.15) is 5.82 Å². The lowest BCUT2D eigenvalue weighted by atomic mass is 10.1. The lowest BCUT2D eigenvalue weighted by Crippen LogP contribution is -2.69. The van der Waals surface area contributed by atoms with Crippen LogP contribution in [0.5, 0.6) is 0 Å². The summed E-state index contributed by atoms with van der Waals surface area (Å²) in [5, 5.41) is 3.06. The molecule has 0 radical (unpaired) electrons. The average molecular weight is 360 g/mol. The zero-order valence-electron chi connectivity index (χ0n) is 11.2. The van der Waals surface area contributed by atoms with Crippen LogP contribution in [0.4, 0.5) is 19.0 Å². The van der Waals surface area contributed by atoms with Gasteiger partial charge in [0.15, 0.2) is 0 Å². The van der Waals surface area contributed by atoms with Gasteiger partial charge in [0, 0.05) is 13.1 Å². The van der Waals surface area contributed by atoms with Crippen LogP contribution in [0.15, 0.2) is 12.3 Å². The van der Waals surface area contributed by atoms with Crippen LogP contribution in [0.25, 0.3) is 0 Å². The van der Waals surface area contributed by atoms with Crippen LogP contribution in [-0.4, -0.2) is 35.8 Å². The number of rotatable bonds is 4. The normalized spacial score (nSPS) is 14.0. The molecule has 0 aliphatic carbocycles. The average Bonchev–Trinajstić information content (AvgIpc) is 2.38. The molecule has 0 fully saturated rings. The van der Waals surface area contributed by atoms with Gasteiger partial charge in [-0.1, -0.05) is 23.2 Å². The highest BCUT2D eigenvalue weighted by Crippen LogP contribution is 2.34. The van der Waals surface area contributed by atoms with Crippen molar-refractivity contribution in [2.75, 3.05) is 12.4 Å². The molecule has 1 aromatic rings. The highest BCUT2D eigenvalue weighted by molar-refractivity contribution is 6.36. The Morgan fingerprint density at radius 2 is 1.91 bits per heavy atom. The summed E-state index contributed by atoms with van der Waals surface area (Å²) >= 11 is 11.3. The van der Waals surface area contributed by atoms with Gasteiger partial charge < -0.3 is 15.4 Å². The first-order valence-electron chi connectivity index (χ1n) is 5.56. The molecule has 1 atom stereocenters. The third-order valence-electron chi connectivity index (χ3n) is 2.39. The molecular formula is C11H10Cl2F3N3O3. The van der Waals surface area contributed by atoms with E-state index in [0.29, 0.717) is 0 Å². The fraction of sp³-hybridized carbons (Fsp3) is 0.364. The van der Waals surface area contributed by atoms with Crippen LogP contribution in [0.3, 0.4) is 0 Å². The minimum atomic E-state index is -5.24. The van der Waals surface area contributed by atoms with Gasteiger partial charge >= 0.3 is 17.8 Å². The fourth-order valence-electron chi connectivity index (χ4n) is 1.49. The number of ether oxygens (including phenoxy) is 1. The van der Waals surface area contributed by atoms with Crippen LogP contribution >= 0.6 is 23.2 Å². The number of hydrogen-bond donors (Lipinski definition) is 2. The smallest absolute Gasteiger partial charge is 0.441 e. The monoisotopic (exact) mass is 359 g/mol. The summed E-state index contributed by atoms with van der Waals surface area (Å²) in [4.78, 5) is 26.4. The van der Waals surface area contributed by atoms with Crippen molar-refractivity contribution in [3.63, 3.8) is 0 Å². The SMILES string of the molecule is COC(=O)[C@](NC(C)=O)(Nc1ncc(Cl)cc1Cl)C(F)(F)F. The molecule has 6 nitrogen and oxygen atoms in total. The van der Waals surface area contributed by atoms with E-state index < -0.39 is 29.5 Å². The predicted octanol–water partition coefficient (Wildman–Crippen LogP) is 2.37. The number of alkyl halides is 3. The molecule has 2 N–H and O–H groups in total. The molecule has 22 heavy (non-hydrogen) atoms. The number of amides is 1. The fourth-order valence-corrected chi connectivity index (χ4v) is 1.92. The van der Waals surface area contributed by atoms with Crippen molar-refractivity contribution in [3.8, 4) is 0 Å². The molecule has 0 bridgehead atoms. The second kappa shape index (κ2) is 6.57. The van der Waals surface area contributed by atoms with Gasteiger partial charge in [-0.2, -0.15) is 13.2 Å². The maximum atomic E-state index is 13.4. The number of esters is 1. The lowest BCUT2D eigenvalue weighted by molar-refractivity contribution is -0.206. The van der Waals surface area contributed by atoms with Crippen molar-refractivity contribution < 1.29 is 27.5 Å². The van der Waals surface area contributed by atoms with Gasteiger partial charge in [0.2, 0.25) is 5.91 Å². The molecule has 0 saturated carbocycles. The maximum Gasteiger partial charge on any atom is 0.441 e. The summed E-state index contributed by atoms with van der Waals surface area (Å²) in [6, 6.07) is 1.12. The first kappa shape index (κ1) is 18.3. The van der Waals surface area contributed by atoms with Gasteiger partial charge in [-0.25, -0.2) is 9.78 Å². The maximum absolute atomic E-state index is 13.4. The highest BCUT2D eigenvalue weighted by Gasteiger charge is 2.63. The van der Waals surface area contributed by atoms with Crippen molar-refractivity contribution in [1.82, 2.24) is 10.3 Å². The molecule has 0 aliphatic heterocycles. The summed E-state index contributed by atoms with van der Waals surface area (Å²) in [7, 11) is 0.739. The molecule has 0 spiro atoms. The number of halogens is 5. The molecule has 1 amide bonds. The molecule has 0 aromatic carbocycles. The molecule has 0 unspecified atom stereocenters. The number of pyridine rings is 1. The van der Waals surface area contributed by atoms with Crippen LogP contribution in [0.1, 0.15) is 6.92 Å². The Labute approximate surface area is 132 Å². The lowest BCUT2D eigenvalue weighted by Gasteiger charge is -2.34. The van der Waals surface area contributed by atoms with Crippen molar-refractivity contribution in [3.05, 3.63) is 22.3 Å². The predicted molar refractivity (Wildman–Crippen MR) is 72.5 cm³/mol. The summed E-state index contributed by atoms with van der Waals surface area (Å²) in [6.07, 6.45) is -4.22. The quantitative estimate of drug-likeness (QED) is 0.637. The Morgan fingerprint density at radius 3 is 2.32 bits per heavy atom. The van der Waals surface area contributed by atoms with Crippen molar-refractivity contribution >= 4 is 40.9 Å². The van der Waals surface area contributed by atoms with E-state index >= 15 is 0 Å². The minimum absolute atomic E-state index is 0.0748. The van der Waals surface area contributed by atoms with E-state index in [1.807, 2.05) is 0 Å². The Bertz CT molecular complexity index is 598. The van der Waals surface area contributed by atoms with Gasteiger partial charge in [-0.3, -0.25) is 4.79 Å². The van der Waals surface area contributed by atoms with Crippen molar-refractivity contribution in [1.29, 1.82) is 0 Å². The zero-order chi connectivity index (χ0) is 17.1. The second-order valence-electron chi connectivity index (χ2n) is 4.03. The van der Waals surface area contributed by atoms with Crippen LogP contribution in [0.2, 0.25) is 10.0 Å². The molecule has 0 saturated heterocycles. The van der Waals surface area contributed by atoms with E-state index in [2.05, 4.69) is 9.72 Å². The molecule has 122 valence electrons. The van der Waals surface area contributed by atoms with E-state index in [1.54, 1.807) is 5.32 Å². The van der Waals surface area contributed by atoms with Gasteiger partial charge in [0.25, 0.3) is 0 Å². The second-order valence-corrected chi connectivity index (χ2v) is 4.87. The Kier molecular flexibility index (Phi) is 5.47. The minimum Gasteiger partial charge on any atom is -0.466 e.